The maximum absolute atomic E-state index is 13.4. The fourth-order valence-corrected chi connectivity index (χ4v) is 4.97. The molecule has 0 radical (unpaired) electrons. The van der Waals surface area contributed by atoms with Crippen molar-refractivity contribution in [1.82, 2.24) is 5.32 Å². The summed E-state index contributed by atoms with van der Waals surface area (Å²) in [5, 5.41) is 2.96. The summed E-state index contributed by atoms with van der Waals surface area (Å²) in [5.41, 5.74) is 1.61. The summed E-state index contributed by atoms with van der Waals surface area (Å²) >= 11 is 0. The number of benzene rings is 2. The van der Waals surface area contributed by atoms with Crippen LogP contribution in [0.1, 0.15) is 17.5 Å². The Hall–Kier alpha value is -2.94. The Morgan fingerprint density at radius 3 is 2.65 bits per heavy atom. The number of anilines is 2. The maximum Gasteiger partial charge on any atom is 0.416 e. The van der Waals surface area contributed by atoms with Crippen LogP contribution < -0.4 is 19.9 Å². The van der Waals surface area contributed by atoms with Gasteiger partial charge in [-0.25, -0.2) is 0 Å². The van der Waals surface area contributed by atoms with E-state index in [-0.39, 0.29) is 18.4 Å². The first-order chi connectivity index (χ1) is 16.3. The molecule has 184 valence electrons. The van der Waals surface area contributed by atoms with Crippen LogP contribution in [0.3, 0.4) is 0 Å². The number of carbonyl (C=O) groups excluding carboxylic acids is 1. The number of nitrogens with one attached hydrogen (secondary N) is 1. The first-order valence-electron chi connectivity index (χ1n) is 11.4. The molecule has 6 nitrogen and oxygen atoms in total. The number of alkyl halides is 3. The molecular formula is C25H30F3N3O3. The van der Waals surface area contributed by atoms with Gasteiger partial charge in [-0.3, -0.25) is 4.79 Å². The molecule has 0 bridgehead atoms. The summed E-state index contributed by atoms with van der Waals surface area (Å²) in [4.78, 5) is 17.5. The minimum atomic E-state index is -4.42. The SMILES string of the molecule is COCCCNC(=O)[C@@H]1Cc2cc(C(F)(F)F)ccc2N2CCN(c3ccccc3OC)C[C@@H]12. The van der Waals surface area contributed by atoms with Crippen LogP contribution in [-0.4, -0.2) is 59.0 Å². The molecule has 0 aliphatic carbocycles. The number of nitrogens with zero attached hydrogens (tertiary/aromatic N) is 2. The molecule has 2 aliphatic heterocycles. The number of hydrogen-bond acceptors (Lipinski definition) is 5. The zero-order valence-corrected chi connectivity index (χ0v) is 19.4. The summed E-state index contributed by atoms with van der Waals surface area (Å²) in [6.45, 7) is 2.81. The van der Waals surface area contributed by atoms with Gasteiger partial charge in [-0.15, -0.1) is 0 Å². The Morgan fingerprint density at radius 2 is 1.91 bits per heavy atom. The number of fused-ring (bicyclic) bond motifs is 3. The highest BCUT2D eigenvalue weighted by atomic mass is 19.4. The molecule has 0 spiro atoms. The molecule has 2 aromatic rings. The highest BCUT2D eigenvalue weighted by Crippen LogP contribution is 2.41. The Morgan fingerprint density at radius 1 is 1.12 bits per heavy atom. The van der Waals surface area contributed by atoms with E-state index in [2.05, 4.69) is 15.1 Å². The Bertz CT molecular complexity index is 1010. The van der Waals surface area contributed by atoms with Gasteiger partial charge in [0.05, 0.1) is 30.3 Å². The zero-order chi connectivity index (χ0) is 24.3. The normalized spacial score (nSPS) is 19.9. The van der Waals surface area contributed by atoms with Crippen molar-refractivity contribution in [2.24, 2.45) is 5.92 Å². The number of carbonyl (C=O) groups is 1. The van der Waals surface area contributed by atoms with Gasteiger partial charge in [0.2, 0.25) is 5.91 Å². The van der Waals surface area contributed by atoms with E-state index >= 15 is 0 Å². The summed E-state index contributed by atoms with van der Waals surface area (Å²) in [6.07, 6.45) is -3.49. The van der Waals surface area contributed by atoms with Gasteiger partial charge in [0.25, 0.3) is 0 Å². The lowest BCUT2D eigenvalue weighted by Crippen LogP contribution is -2.61. The number of piperazine rings is 1. The second-order valence-corrected chi connectivity index (χ2v) is 8.67. The van der Waals surface area contributed by atoms with Gasteiger partial charge in [-0.1, -0.05) is 12.1 Å². The van der Waals surface area contributed by atoms with E-state index < -0.39 is 17.7 Å². The van der Waals surface area contributed by atoms with Crippen molar-refractivity contribution in [3.63, 3.8) is 0 Å². The smallest absolute Gasteiger partial charge is 0.416 e. The van der Waals surface area contributed by atoms with Crippen LogP contribution in [-0.2, 0) is 22.1 Å². The van der Waals surface area contributed by atoms with Crippen LogP contribution in [0, 0.1) is 5.92 Å². The second-order valence-electron chi connectivity index (χ2n) is 8.67. The van der Waals surface area contributed by atoms with Gasteiger partial charge < -0.3 is 24.6 Å². The Balaban J connectivity index is 1.64. The average Bonchev–Trinajstić information content (AvgIpc) is 2.84. The maximum atomic E-state index is 13.4. The van der Waals surface area contributed by atoms with E-state index in [9.17, 15) is 18.0 Å². The van der Waals surface area contributed by atoms with E-state index in [1.807, 2.05) is 24.3 Å². The highest BCUT2D eigenvalue weighted by Gasteiger charge is 2.43. The van der Waals surface area contributed by atoms with Crippen LogP contribution in [0.4, 0.5) is 24.5 Å². The molecule has 4 rings (SSSR count). The standard InChI is InChI=1S/C25H30F3N3O3/c1-33-13-5-10-29-24(32)19-15-17-14-18(25(26,27)28)8-9-20(17)31-12-11-30(16-22(19)31)21-6-3-4-7-23(21)34-2/h3-4,6-9,14,19,22H,5,10-13,15-16H2,1-2H3,(H,29,32)/t19-,22+/m1/s1. The van der Waals surface area contributed by atoms with E-state index in [1.54, 1.807) is 20.3 Å². The molecule has 0 unspecified atom stereocenters. The minimum absolute atomic E-state index is 0.143. The van der Waals surface area contributed by atoms with E-state index in [0.29, 0.717) is 44.8 Å². The topological polar surface area (TPSA) is 54.0 Å². The zero-order valence-electron chi connectivity index (χ0n) is 19.4. The van der Waals surface area contributed by atoms with Crippen molar-refractivity contribution in [2.75, 3.05) is 56.8 Å². The van der Waals surface area contributed by atoms with Crippen LogP contribution in [0.5, 0.6) is 5.75 Å². The minimum Gasteiger partial charge on any atom is -0.495 e. The molecule has 1 saturated heterocycles. The molecule has 1 N–H and O–H groups in total. The number of hydrogen-bond donors (Lipinski definition) is 1. The molecular weight excluding hydrogens is 447 g/mol. The molecule has 0 aromatic heterocycles. The van der Waals surface area contributed by atoms with Crippen LogP contribution in [0.2, 0.25) is 0 Å². The van der Waals surface area contributed by atoms with Crippen molar-refractivity contribution < 1.29 is 27.4 Å². The van der Waals surface area contributed by atoms with Gasteiger partial charge in [-0.2, -0.15) is 13.2 Å². The number of ether oxygens (including phenoxy) is 2. The van der Waals surface area contributed by atoms with E-state index in [1.165, 1.54) is 6.07 Å². The number of rotatable bonds is 7. The summed E-state index contributed by atoms with van der Waals surface area (Å²) in [7, 11) is 3.23. The highest BCUT2D eigenvalue weighted by molar-refractivity contribution is 5.82. The second kappa shape index (κ2) is 10.1. The Labute approximate surface area is 197 Å². The lowest BCUT2D eigenvalue weighted by Gasteiger charge is -2.49. The van der Waals surface area contributed by atoms with Crippen molar-refractivity contribution in [2.45, 2.75) is 25.1 Å². The molecule has 1 fully saturated rings. The lowest BCUT2D eigenvalue weighted by molar-refractivity contribution is -0.137. The predicted molar refractivity (Wildman–Crippen MR) is 124 cm³/mol. The molecule has 2 heterocycles. The average molecular weight is 478 g/mol. The summed E-state index contributed by atoms with van der Waals surface area (Å²) in [5.74, 6) is 0.134. The number of amides is 1. The molecule has 34 heavy (non-hydrogen) atoms. The van der Waals surface area contributed by atoms with Gasteiger partial charge in [0, 0.05) is 45.6 Å². The quantitative estimate of drug-likeness (QED) is 0.616. The van der Waals surface area contributed by atoms with Gasteiger partial charge in [0.1, 0.15) is 5.75 Å². The summed E-state index contributed by atoms with van der Waals surface area (Å²) in [6, 6.07) is 11.4. The van der Waals surface area contributed by atoms with Crippen LogP contribution in [0.15, 0.2) is 42.5 Å². The van der Waals surface area contributed by atoms with Crippen LogP contribution >= 0.6 is 0 Å². The fraction of sp³-hybridized carbons (Fsp3) is 0.480. The molecule has 1 amide bonds. The van der Waals surface area contributed by atoms with Crippen molar-refractivity contribution in [3.8, 4) is 5.75 Å². The van der Waals surface area contributed by atoms with E-state index in [4.69, 9.17) is 9.47 Å². The first-order valence-corrected chi connectivity index (χ1v) is 11.4. The first kappa shape index (κ1) is 24.2. The molecule has 2 atom stereocenters. The van der Waals surface area contributed by atoms with Crippen molar-refractivity contribution in [1.29, 1.82) is 0 Å². The monoisotopic (exact) mass is 477 g/mol. The Kier molecular flexibility index (Phi) is 7.21. The number of para-hydroxylation sites is 2. The molecule has 2 aliphatic rings. The number of halogens is 3. The van der Waals surface area contributed by atoms with Crippen molar-refractivity contribution >= 4 is 17.3 Å². The molecule has 2 aromatic carbocycles. The largest absolute Gasteiger partial charge is 0.495 e. The third-order valence-electron chi connectivity index (χ3n) is 6.63. The fourth-order valence-electron chi connectivity index (χ4n) is 4.97. The van der Waals surface area contributed by atoms with E-state index in [0.717, 1.165) is 23.2 Å². The third kappa shape index (κ3) is 4.94. The summed E-state index contributed by atoms with van der Waals surface area (Å²) < 4.78 is 50.7. The molecule has 9 heteroatoms. The lowest BCUT2D eigenvalue weighted by atomic mass is 9.82. The van der Waals surface area contributed by atoms with Crippen LogP contribution in [0.25, 0.3) is 0 Å². The molecule has 0 saturated carbocycles. The van der Waals surface area contributed by atoms with Gasteiger partial charge in [-0.05, 0) is 48.7 Å². The number of methoxy groups -OCH3 is 2. The van der Waals surface area contributed by atoms with Gasteiger partial charge >= 0.3 is 6.18 Å². The van der Waals surface area contributed by atoms with Gasteiger partial charge in [0.15, 0.2) is 0 Å². The predicted octanol–water partition coefficient (Wildman–Crippen LogP) is 3.73. The van der Waals surface area contributed by atoms with Crippen molar-refractivity contribution in [3.05, 3.63) is 53.6 Å². The third-order valence-corrected chi connectivity index (χ3v) is 6.63.